The molecule has 2 nitrogen and oxygen atoms in total. The van der Waals surface area contributed by atoms with Crippen LogP contribution >= 0.6 is 0 Å². The third kappa shape index (κ3) is 4.85. The average molecular weight is 187 g/mol. The summed E-state index contributed by atoms with van der Waals surface area (Å²) in [5, 5.41) is 8.28. The van der Waals surface area contributed by atoms with Crippen molar-refractivity contribution in [2.24, 2.45) is 0 Å². The van der Waals surface area contributed by atoms with Gasteiger partial charge in [0.1, 0.15) is 0 Å². The van der Waals surface area contributed by atoms with Gasteiger partial charge in [-0.1, -0.05) is 18.2 Å². The van der Waals surface area contributed by atoms with Gasteiger partial charge in [-0.3, -0.25) is 0 Å². The molecule has 1 aromatic rings. The summed E-state index contributed by atoms with van der Waals surface area (Å²) in [4.78, 5) is 10.1. The summed E-state index contributed by atoms with van der Waals surface area (Å²) in [6, 6.07) is 9.95. The van der Waals surface area contributed by atoms with E-state index in [2.05, 4.69) is 6.07 Å². The topological polar surface area (TPSA) is 37.3 Å². The van der Waals surface area contributed by atoms with Gasteiger partial charge in [0.05, 0.1) is 0 Å². The van der Waals surface area contributed by atoms with Crippen molar-refractivity contribution >= 4 is 63.4 Å². The van der Waals surface area contributed by atoms with Gasteiger partial charge < -0.3 is 5.11 Å². The van der Waals surface area contributed by atoms with Crippen LogP contribution in [0.25, 0.3) is 6.08 Å². The first-order chi connectivity index (χ1) is 5.29. The maximum atomic E-state index is 10.1. The molecule has 1 N–H and O–H groups in total. The normalized spacial score (nSPS) is 9.33. The number of carbonyl (C=O) groups is 1. The molecule has 0 aromatic heterocycles. The molecule has 0 saturated carbocycles. The number of carboxylic acid groups (broad SMARTS) is 1. The van der Waals surface area contributed by atoms with E-state index >= 15 is 0 Å². The van der Waals surface area contributed by atoms with Gasteiger partial charge in [-0.2, -0.15) is 0 Å². The van der Waals surface area contributed by atoms with Gasteiger partial charge in [0.25, 0.3) is 0 Å². The number of rotatable bonds is 2. The van der Waals surface area contributed by atoms with Gasteiger partial charge >= 0.3 is 57.4 Å². The molecule has 57 valence electrons. The molecule has 0 aliphatic carbocycles. The van der Waals surface area contributed by atoms with E-state index in [4.69, 9.17) is 5.11 Å². The van der Waals surface area contributed by atoms with Crippen molar-refractivity contribution in [3.8, 4) is 0 Å². The molecule has 1 rings (SSSR count). The second-order valence-electron chi connectivity index (χ2n) is 2.01. The van der Waals surface area contributed by atoms with E-state index in [0.717, 1.165) is 11.6 Å². The van der Waals surface area contributed by atoms with Crippen LogP contribution in [0.15, 0.2) is 30.3 Å². The van der Waals surface area contributed by atoms with E-state index in [0.29, 0.717) is 0 Å². The van der Waals surface area contributed by atoms with Crippen molar-refractivity contribution in [2.45, 2.75) is 0 Å². The van der Waals surface area contributed by atoms with Crippen molar-refractivity contribution < 1.29 is 9.90 Å². The van der Waals surface area contributed by atoms with Crippen molar-refractivity contribution in [3.05, 3.63) is 42.0 Å². The molecular formula is C9H8KO2. The third-order valence-electron chi connectivity index (χ3n) is 1.15. The van der Waals surface area contributed by atoms with Crippen LogP contribution in [-0.4, -0.2) is 62.5 Å². The Balaban J connectivity index is 0.00000121. The van der Waals surface area contributed by atoms with Crippen molar-refractivity contribution in [1.29, 1.82) is 0 Å². The summed E-state index contributed by atoms with van der Waals surface area (Å²) >= 11 is 0. The van der Waals surface area contributed by atoms with Gasteiger partial charge in [-0.15, -0.1) is 0 Å². The molecule has 0 bridgehead atoms. The molecule has 0 unspecified atom stereocenters. The van der Waals surface area contributed by atoms with Crippen molar-refractivity contribution in [1.82, 2.24) is 0 Å². The van der Waals surface area contributed by atoms with Crippen LogP contribution in [0, 0.1) is 6.07 Å². The molecule has 12 heavy (non-hydrogen) atoms. The Bertz CT molecular complexity index is 267. The Morgan fingerprint density at radius 2 is 2.33 bits per heavy atom. The quantitative estimate of drug-likeness (QED) is 0.552. The summed E-state index contributed by atoms with van der Waals surface area (Å²) in [5.41, 5.74) is 0.843. The van der Waals surface area contributed by atoms with Crippen LogP contribution in [0.3, 0.4) is 0 Å². The zero-order valence-electron chi connectivity index (χ0n) is 5.82. The molecule has 0 heterocycles. The van der Waals surface area contributed by atoms with Gasteiger partial charge in [0.2, 0.25) is 0 Å². The number of carboxylic acids is 1. The molecule has 1 radical (unpaired) electrons. The molecule has 0 atom stereocenters. The second kappa shape index (κ2) is 6.57. The number of hydrogen-bond acceptors (Lipinski definition) is 1. The van der Waals surface area contributed by atoms with E-state index in [1.54, 1.807) is 12.1 Å². The molecular weight excluding hydrogens is 179 g/mol. The Morgan fingerprint density at radius 1 is 1.58 bits per heavy atom. The fourth-order valence-corrected chi connectivity index (χ4v) is 0.678. The number of aliphatic carboxylic acids is 1. The SMILES string of the molecule is O=C(O)/C=C/c1c[c]ccc1.[KH]. The summed E-state index contributed by atoms with van der Waals surface area (Å²) in [6.07, 6.45) is 2.63. The Hall–Kier alpha value is 0.0664. The summed E-state index contributed by atoms with van der Waals surface area (Å²) < 4.78 is 0. The van der Waals surface area contributed by atoms with Gasteiger partial charge in [-0.05, 0) is 23.8 Å². The van der Waals surface area contributed by atoms with Gasteiger partial charge in [0.15, 0.2) is 0 Å². The van der Waals surface area contributed by atoms with Crippen molar-refractivity contribution in [2.75, 3.05) is 0 Å². The monoisotopic (exact) mass is 187 g/mol. The molecule has 0 aliphatic heterocycles. The summed E-state index contributed by atoms with van der Waals surface area (Å²) in [5.74, 6) is -0.936. The molecule has 3 heteroatoms. The first-order valence-electron chi connectivity index (χ1n) is 3.16. The van der Waals surface area contributed by atoms with Crippen LogP contribution in [0.1, 0.15) is 5.56 Å². The molecule has 0 aliphatic rings. The predicted molar refractivity (Wildman–Crippen MR) is 49.1 cm³/mol. The minimum absolute atomic E-state index is 0. The van der Waals surface area contributed by atoms with E-state index in [1.807, 2.05) is 12.1 Å². The fraction of sp³-hybridized carbons (Fsp3) is 0. The van der Waals surface area contributed by atoms with Crippen LogP contribution in [0.2, 0.25) is 0 Å². The average Bonchev–Trinajstić information content (AvgIpc) is 2.03. The number of hydrogen-bond donors (Lipinski definition) is 1. The Labute approximate surface area is 114 Å². The maximum absolute atomic E-state index is 10.1. The molecule has 0 fully saturated rings. The first kappa shape index (κ1) is 12.1. The predicted octanol–water partition coefficient (Wildman–Crippen LogP) is 0.936. The van der Waals surface area contributed by atoms with E-state index in [-0.39, 0.29) is 51.4 Å². The first-order valence-corrected chi connectivity index (χ1v) is 3.16. The zero-order chi connectivity index (χ0) is 8.10. The van der Waals surface area contributed by atoms with Gasteiger partial charge in [-0.25, -0.2) is 4.79 Å². The standard InChI is InChI=1S/C9H7O2.K.H/c10-9(11)7-6-8-4-2-1-3-5-8;;/h1-2,4-7H,(H,10,11);;/b7-6+;;. The third-order valence-corrected chi connectivity index (χ3v) is 1.15. The van der Waals surface area contributed by atoms with Gasteiger partial charge in [0, 0.05) is 6.08 Å². The Kier molecular flexibility index (Phi) is 6.60. The van der Waals surface area contributed by atoms with Crippen LogP contribution in [0.5, 0.6) is 0 Å². The zero-order valence-corrected chi connectivity index (χ0v) is 5.82. The minimum atomic E-state index is -0.936. The fourth-order valence-electron chi connectivity index (χ4n) is 0.678. The number of benzene rings is 1. The molecule has 0 spiro atoms. The van der Waals surface area contributed by atoms with E-state index in [1.165, 1.54) is 6.08 Å². The van der Waals surface area contributed by atoms with Crippen LogP contribution in [0.4, 0.5) is 0 Å². The van der Waals surface area contributed by atoms with E-state index < -0.39 is 5.97 Å². The summed E-state index contributed by atoms with van der Waals surface area (Å²) in [6.45, 7) is 0. The molecule has 1 aromatic carbocycles. The summed E-state index contributed by atoms with van der Waals surface area (Å²) in [7, 11) is 0. The molecule has 0 amide bonds. The Morgan fingerprint density at radius 3 is 2.83 bits per heavy atom. The van der Waals surface area contributed by atoms with Crippen LogP contribution < -0.4 is 0 Å². The van der Waals surface area contributed by atoms with E-state index in [9.17, 15) is 4.79 Å². The molecule has 0 saturated heterocycles. The van der Waals surface area contributed by atoms with Crippen molar-refractivity contribution in [3.63, 3.8) is 0 Å². The van der Waals surface area contributed by atoms with Crippen LogP contribution in [-0.2, 0) is 4.79 Å². The second-order valence-corrected chi connectivity index (χ2v) is 2.01.